The monoisotopic (exact) mass is 228 g/mol. The number of carbonyl (C=O) groups excluding carboxylic acids is 1. The predicted molar refractivity (Wildman–Crippen MR) is 57.3 cm³/mol. The molecule has 1 amide bonds. The van der Waals surface area contributed by atoms with E-state index >= 15 is 0 Å². The molecule has 1 aromatic rings. The first-order valence-electron chi connectivity index (χ1n) is 4.55. The molecule has 15 heavy (non-hydrogen) atoms. The van der Waals surface area contributed by atoms with E-state index in [1.807, 2.05) is 6.92 Å². The lowest BCUT2D eigenvalue weighted by molar-refractivity contribution is -0.116. The second-order valence-electron chi connectivity index (χ2n) is 3.08. The maximum Gasteiger partial charge on any atom is 0.340 e. The van der Waals surface area contributed by atoms with E-state index in [9.17, 15) is 9.59 Å². The number of aromatic carboxylic acids is 1. The van der Waals surface area contributed by atoms with Crippen LogP contribution in [-0.4, -0.2) is 21.4 Å². The summed E-state index contributed by atoms with van der Waals surface area (Å²) in [6.07, 6.45) is 1.11. The minimum atomic E-state index is -1.06. The van der Waals surface area contributed by atoms with Gasteiger partial charge in [-0.15, -0.1) is 0 Å². The molecule has 6 heteroatoms. The molecule has 5 nitrogen and oxygen atoms in total. The van der Waals surface area contributed by atoms with E-state index in [1.54, 1.807) is 6.92 Å². The van der Waals surface area contributed by atoms with Gasteiger partial charge in [-0.05, 0) is 24.9 Å². The van der Waals surface area contributed by atoms with Gasteiger partial charge in [0, 0.05) is 6.42 Å². The van der Waals surface area contributed by atoms with Crippen LogP contribution in [0.2, 0.25) is 0 Å². The molecule has 1 heterocycles. The lowest BCUT2D eigenvalue weighted by Gasteiger charge is -2.01. The average Bonchev–Trinajstić information content (AvgIpc) is 2.47. The standard InChI is InChI=1S/C9H12N2O3S/c1-3-4-6(12)10-8-7(9(13)14)5(2)11-15-8/h3-4H2,1-2H3,(H,10,12)(H,13,14). The molecule has 0 aliphatic rings. The van der Waals surface area contributed by atoms with Crippen LogP contribution in [0.15, 0.2) is 0 Å². The Hall–Kier alpha value is -1.43. The van der Waals surface area contributed by atoms with Crippen molar-refractivity contribution in [2.24, 2.45) is 0 Å². The topological polar surface area (TPSA) is 79.3 Å². The van der Waals surface area contributed by atoms with Gasteiger partial charge in [-0.1, -0.05) is 6.92 Å². The Morgan fingerprint density at radius 2 is 2.20 bits per heavy atom. The Balaban J connectivity index is 2.86. The van der Waals surface area contributed by atoms with Gasteiger partial charge < -0.3 is 10.4 Å². The molecular formula is C9H12N2O3S. The second-order valence-corrected chi connectivity index (χ2v) is 3.85. The van der Waals surface area contributed by atoms with Crippen molar-refractivity contribution in [3.05, 3.63) is 11.3 Å². The fourth-order valence-electron chi connectivity index (χ4n) is 1.12. The van der Waals surface area contributed by atoms with Crippen molar-refractivity contribution in [3.8, 4) is 0 Å². The Kier molecular flexibility index (Phi) is 3.79. The number of hydrogen-bond donors (Lipinski definition) is 2. The second kappa shape index (κ2) is 4.88. The Morgan fingerprint density at radius 1 is 1.53 bits per heavy atom. The van der Waals surface area contributed by atoms with Crippen molar-refractivity contribution in [1.82, 2.24) is 4.37 Å². The number of aryl methyl sites for hydroxylation is 1. The highest BCUT2D eigenvalue weighted by Crippen LogP contribution is 2.24. The zero-order valence-corrected chi connectivity index (χ0v) is 9.35. The summed E-state index contributed by atoms with van der Waals surface area (Å²) in [6, 6.07) is 0. The number of aromatic nitrogens is 1. The van der Waals surface area contributed by atoms with Crippen LogP contribution < -0.4 is 5.32 Å². The third kappa shape index (κ3) is 2.76. The van der Waals surface area contributed by atoms with Crippen LogP contribution >= 0.6 is 11.5 Å². The molecule has 0 radical (unpaired) electrons. The molecule has 2 N–H and O–H groups in total. The third-order valence-electron chi connectivity index (χ3n) is 1.81. The zero-order valence-electron chi connectivity index (χ0n) is 8.53. The summed E-state index contributed by atoms with van der Waals surface area (Å²) in [7, 11) is 0. The van der Waals surface area contributed by atoms with Crippen molar-refractivity contribution in [3.63, 3.8) is 0 Å². The SMILES string of the molecule is CCCC(=O)Nc1snc(C)c1C(=O)O. The Bertz CT molecular complexity index is 387. The molecule has 0 aliphatic heterocycles. The van der Waals surface area contributed by atoms with Crippen LogP contribution in [0.4, 0.5) is 5.00 Å². The number of amides is 1. The van der Waals surface area contributed by atoms with E-state index in [0.29, 0.717) is 17.1 Å². The van der Waals surface area contributed by atoms with Crippen LogP contribution in [0.3, 0.4) is 0 Å². The lowest BCUT2D eigenvalue weighted by atomic mass is 10.2. The highest BCUT2D eigenvalue weighted by molar-refractivity contribution is 7.11. The number of rotatable bonds is 4. The fraction of sp³-hybridized carbons (Fsp3) is 0.444. The largest absolute Gasteiger partial charge is 0.478 e. The summed E-state index contributed by atoms with van der Waals surface area (Å²) in [5.74, 6) is -1.24. The van der Waals surface area contributed by atoms with Crippen molar-refractivity contribution in [2.45, 2.75) is 26.7 Å². The molecule has 0 saturated heterocycles. The van der Waals surface area contributed by atoms with Crippen LogP contribution in [-0.2, 0) is 4.79 Å². The van der Waals surface area contributed by atoms with Crippen molar-refractivity contribution in [1.29, 1.82) is 0 Å². The first kappa shape index (κ1) is 11.6. The predicted octanol–water partition coefficient (Wildman–Crippen LogP) is 1.89. The van der Waals surface area contributed by atoms with E-state index in [2.05, 4.69) is 9.69 Å². The molecule has 0 spiro atoms. The smallest absolute Gasteiger partial charge is 0.340 e. The quantitative estimate of drug-likeness (QED) is 0.824. The average molecular weight is 228 g/mol. The number of carboxylic acids is 1. The van der Waals surface area contributed by atoms with Crippen molar-refractivity contribution in [2.75, 3.05) is 5.32 Å². The van der Waals surface area contributed by atoms with Gasteiger partial charge in [-0.25, -0.2) is 4.79 Å². The number of carbonyl (C=O) groups is 2. The Morgan fingerprint density at radius 3 is 2.73 bits per heavy atom. The van der Waals surface area contributed by atoms with E-state index in [0.717, 1.165) is 18.0 Å². The van der Waals surface area contributed by atoms with Crippen LogP contribution in [0, 0.1) is 6.92 Å². The van der Waals surface area contributed by atoms with E-state index in [4.69, 9.17) is 5.11 Å². The summed E-state index contributed by atoms with van der Waals surface area (Å²) in [4.78, 5) is 22.1. The van der Waals surface area contributed by atoms with E-state index < -0.39 is 5.97 Å². The Labute approximate surface area is 91.3 Å². The molecule has 82 valence electrons. The first-order chi connectivity index (χ1) is 7.06. The highest BCUT2D eigenvalue weighted by Gasteiger charge is 2.18. The van der Waals surface area contributed by atoms with Gasteiger partial charge in [0.25, 0.3) is 0 Å². The fourth-order valence-corrected chi connectivity index (χ4v) is 1.93. The molecule has 0 aromatic carbocycles. The maximum absolute atomic E-state index is 11.3. The molecule has 0 saturated carbocycles. The van der Waals surface area contributed by atoms with E-state index in [1.165, 1.54) is 0 Å². The number of nitrogens with zero attached hydrogens (tertiary/aromatic N) is 1. The number of anilines is 1. The summed E-state index contributed by atoms with van der Waals surface area (Å²) in [6.45, 7) is 3.49. The van der Waals surface area contributed by atoms with Crippen LogP contribution in [0.5, 0.6) is 0 Å². The molecule has 1 rings (SSSR count). The first-order valence-corrected chi connectivity index (χ1v) is 5.33. The minimum absolute atomic E-state index is 0.0875. The minimum Gasteiger partial charge on any atom is -0.478 e. The van der Waals surface area contributed by atoms with E-state index in [-0.39, 0.29) is 11.5 Å². The van der Waals surface area contributed by atoms with Crippen LogP contribution in [0.25, 0.3) is 0 Å². The van der Waals surface area contributed by atoms with Crippen LogP contribution in [0.1, 0.15) is 35.8 Å². The summed E-state index contributed by atoms with van der Waals surface area (Å²) in [5, 5.41) is 11.8. The van der Waals surface area contributed by atoms with Gasteiger partial charge in [0.15, 0.2) is 0 Å². The zero-order chi connectivity index (χ0) is 11.4. The molecular weight excluding hydrogens is 216 g/mol. The van der Waals surface area contributed by atoms with Gasteiger partial charge in [-0.2, -0.15) is 4.37 Å². The summed E-state index contributed by atoms with van der Waals surface area (Å²) < 4.78 is 3.90. The molecule has 0 unspecified atom stereocenters. The number of hydrogen-bond acceptors (Lipinski definition) is 4. The van der Waals surface area contributed by atoms with Gasteiger partial charge in [0.05, 0.1) is 5.69 Å². The summed E-state index contributed by atoms with van der Waals surface area (Å²) in [5.41, 5.74) is 0.517. The summed E-state index contributed by atoms with van der Waals surface area (Å²) >= 11 is 0.996. The van der Waals surface area contributed by atoms with Crippen molar-refractivity contribution >= 4 is 28.4 Å². The lowest BCUT2D eigenvalue weighted by Crippen LogP contribution is -2.12. The van der Waals surface area contributed by atoms with Gasteiger partial charge in [0.1, 0.15) is 10.6 Å². The van der Waals surface area contributed by atoms with Gasteiger partial charge in [-0.3, -0.25) is 4.79 Å². The number of nitrogens with one attached hydrogen (secondary N) is 1. The molecule has 0 aliphatic carbocycles. The highest BCUT2D eigenvalue weighted by atomic mass is 32.1. The molecule has 0 atom stereocenters. The van der Waals surface area contributed by atoms with Crippen molar-refractivity contribution < 1.29 is 14.7 Å². The normalized spacial score (nSPS) is 10.0. The molecule has 0 fully saturated rings. The number of carboxylic acid groups (broad SMARTS) is 1. The molecule has 0 bridgehead atoms. The van der Waals surface area contributed by atoms with Gasteiger partial charge >= 0.3 is 5.97 Å². The third-order valence-corrected chi connectivity index (χ3v) is 2.66. The molecule has 1 aromatic heterocycles. The van der Waals surface area contributed by atoms with Gasteiger partial charge in [0.2, 0.25) is 5.91 Å². The maximum atomic E-state index is 11.3.